The van der Waals surface area contributed by atoms with E-state index in [1.807, 2.05) is 24.3 Å². The van der Waals surface area contributed by atoms with Gasteiger partial charge in [0.25, 0.3) is 0 Å². The number of nitriles is 1. The van der Waals surface area contributed by atoms with Crippen LogP contribution in [0.3, 0.4) is 0 Å². The van der Waals surface area contributed by atoms with Crippen LogP contribution in [-0.2, 0) is 11.2 Å². The van der Waals surface area contributed by atoms with Gasteiger partial charge in [0, 0.05) is 18.0 Å². The van der Waals surface area contributed by atoms with E-state index in [2.05, 4.69) is 32.2 Å². The summed E-state index contributed by atoms with van der Waals surface area (Å²) in [5.41, 5.74) is 1.99. The van der Waals surface area contributed by atoms with Gasteiger partial charge in [-0.3, -0.25) is 4.79 Å². The van der Waals surface area contributed by atoms with Gasteiger partial charge < -0.3 is 5.32 Å². The average Bonchev–Trinajstić information content (AvgIpc) is 2.53. The molecule has 3 nitrogen and oxygen atoms in total. The summed E-state index contributed by atoms with van der Waals surface area (Å²) in [4.78, 5) is 12.7. The summed E-state index contributed by atoms with van der Waals surface area (Å²) in [7, 11) is 0. The van der Waals surface area contributed by atoms with E-state index in [1.54, 1.807) is 0 Å². The number of hydrogen-bond donors (Lipinski definition) is 1. The first-order chi connectivity index (χ1) is 11.0. The highest BCUT2D eigenvalue weighted by Gasteiger charge is 2.35. The highest BCUT2D eigenvalue weighted by atomic mass is 16.1. The van der Waals surface area contributed by atoms with Gasteiger partial charge in [-0.1, -0.05) is 39.3 Å². The predicted molar refractivity (Wildman–Crippen MR) is 93.8 cm³/mol. The second-order valence-electron chi connectivity index (χ2n) is 7.28. The molecule has 1 aromatic carbocycles. The van der Waals surface area contributed by atoms with E-state index in [9.17, 15) is 4.79 Å². The van der Waals surface area contributed by atoms with E-state index in [0.717, 1.165) is 30.5 Å². The van der Waals surface area contributed by atoms with Crippen molar-refractivity contribution in [3.63, 3.8) is 0 Å². The zero-order valence-corrected chi connectivity index (χ0v) is 14.5. The quantitative estimate of drug-likeness (QED) is 0.850. The van der Waals surface area contributed by atoms with Crippen LogP contribution in [0.5, 0.6) is 0 Å². The van der Waals surface area contributed by atoms with Crippen LogP contribution in [-0.4, -0.2) is 5.91 Å². The van der Waals surface area contributed by atoms with Crippen molar-refractivity contribution in [3.8, 4) is 6.07 Å². The Labute approximate surface area is 140 Å². The van der Waals surface area contributed by atoms with Gasteiger partial charge in [0.1, 0.15) is 0 Å². The molecule has 0 heterocycles. The molecule has 0 spiro atoms. The van der Waals surface area contributed by atoms with Gasteiger partial charge in [-0.25, -0.2) is 0 Å². The molecule has 1 amide bonds. The average molecular weight is 312 g/mol. The fourth-order valence-corrected chi connectivity index (χ4v) is 3.69. The first-order valence-corrected chi connectivity index (χ1v) is 8.78. The molecule has 3 atom stereocenters. The number of hydrogen-bond acceptors (Lipinski definition) is 2. The van der Waals surface area contributed by atoms with Crippen LogP contribution >= 0.6 is 0 Å². The second kappa shape index (κ2) is 8.15. The van der Waals surface area contributed by atoms with Crippen molar-refractivity contribution in [3.05, 3.63) is 29.8 Å². The molecule has 1 fully saturated rings. The topological polar surface area (TPSA) is 52.9 Å². The van der Waals surface area contributed by atoms with E-state index in [0.29, 0.717) is 24.2 Å². The molecule has 0 unspecified atom stereocenters. The standard InChI is InChI=1S/C20H28N2O/c1-14(2)18-11-6-15(3)13-19(18)20(23)22-17-9-7-16(8-10-17)5-4-12-21/h7-10,14-15,18-19H,4-6,11,13H2,1-3H3,(H,22,23)/t15-,18+,19-/m1/s1. The van der Waals surface area contributed by atoms with Crippen molar-refractivity contribution in [1.82, 2.24) is 0 Å². The normalized spacial score (nSPS) is 24.2. The van der Waals surface area contributed by atoms with Crippen molar-refractivity contribution >= 4 is 11.6 Å². The monoisotopic (exact) mass is 312 g/mol. The molecule has 1 saturated carbocycles. The van der Waals surface area contributed by atoms with E-state index in [1.165, 1.54) is 6.42 Å². The van der Waals surface area contributed by atoms with Crippen LogP contribution in [0.2, 0.25) is 0 Å². The highest BCUT2D eigenvalue weighted by molar-refractivity contribution is 5.92. The molecule has 1 aliphatic rings. The van der Waals surface area contributed by atoms with Gasteiger partial charge >= 0.3 is 0 Å². The van der Waals surface area contributed by atoms with Crippen LogP contribution in [0.1, 0.15) is 52.0 Å². The van der Waals surface area contributed by atoms with Crippen molar-refractivity contribution in [2.45, 2.75) is 52.9 Å². The maximum Gasteiger partial charge on any atom is 0.227 e. The molecule has 0 radical (unpaired) electrons. The number of amides is 1. The van der Waals surface area contributed by atoms with Gasteiger partial charge in [0.15, 0.2) is 0 Å². The minimum atomic E-state index is 0.122. The van der Waals surface area contributed by atoms with Crippen LogP contribution in [0.4, 0.5) is 5.69 Å². The molecule has 1 aliphatic carbocycles. The lowest BCUT2D eigenvalue weighted by Gasteiger charge is -2.36. The summed E-state index contributed by atoms with van der Waals surface area (Å²) in [5.74, 6) is 1.96. The Balaban J connectivity index is 2.00. The summed E-state index contributed by atoms with van der Waals surface area (Å²) < 4.78 is 0. The number of carbonyl (C=O) groups excluding carboxylic acids is 1. The lowest BCUT2D eigenvalue weighted by atomic mass is 9.70. The third-order valence-electron chi connectivity index (χ3n) is 5.11. The maximum absolute atomic E-state index is 12.7. The second-order valence-corrected chi connectivity index (χ2v) is 7.28. The molecule has 2 rings (SSSR count). The number of rotatable bonds is 5. The minimum Gasteiger partial charge on any atom is -0.326 e. The Morgan fingerprint density at radius 2 is 2.00 bits per heavy atom. The number of nitrogens with one attached hydrogen (secondary N) is 1. The molecule has 23 heavy (non-hydrogen) atoms. The summed E-state index contributed by atoms with van der Waals surface area (Å²) in [5, 5.41) is 11.7. The predicted octanol–water partition coefficient (Wildman–Crippen LogP) is 4.79. The molecule has 1 aromatic rings. The first-order valence-electron chi connectivity index (χ1n) is 8.78. The van der Waals surface area contributed by atoms with Gasteiger partial charge in [0.2, 0.25) is 5.91 Å². The smallest absolute Gasteiger partial charge is 0.227 e. The Kier molecular flexibility index (Phi) is 6.21. The van der Waals surface area contributed by atoms with Crippen LogP contribution < -0.4 is 5.32 Å². The number of carbonyl (C=O) groups is 1. The van der Waals surface area contributed by atoms with Gasteiger partial charge in [-0.2, -0.15) is 5.26 Å². The van der Waals surface area contributed by atoms with Crippen LogP contribution in [0.15, 0.2) is 24.3 Å². The van der Waals surface area contributed by atoms with Crippen LogP contribution in [0.25, 0.3) is 0 Å². The zero-order chi connectivity index (χ0) is 16.8. The van der Waals surface area contributed by atoms with Crippen molar-refractivity contribution in [2.24, 2.45) is 23.7 Å². The summed E-state index contributed by atoms with van der Waals surface area (Å²) in [6.45, 7) is 6.71. The zero-order valence-electron chi connectivity index (χ0n) is 14.5. The molecule has 0 aromatic heterocycles. The molecular formula is C20H28N2O. The van der Waals surface area contributed by atoms with E-state index < -0.39 is 0 Å². The fourth-order valence-electron chi connectivity index (χ4n) is 3.69. The number of aryl methyl sites for hydroxylation is 1. The molecule has 124 valence electrons. The SMILES string of the molecule is CC(C)[C@@H]1CC[C@@H](C)C[C@H]1C(=O)Nc1ccc(CCC#N)cc1. The molecular weight excluding hydrogens is 284 g/mol. The molecule has 0 bridgehead atoms. The van der Waals surface area contributed by atoms with Gasteiger partial charge in [0.05, 0.1) is 6.07 Å². The third-order valence-corrected chi connectivity index (χ3v) is 5.11. The van der Waals surface area contributed by atoms with Gasteiger partial charge in [-0.15, -0.1) is 0 Å². The number of nitrogens with zero attached hydrogens (tertiary/aromatic N) is 1. The van der Waals surface area contributed by atoms with Crippen molar-refractivity contribution in [1.29, 1.82) is 5.26 Å². The Bertz CT molecular complexity index is 556. The number of anilines is 1. The maximum atomic E-state index is 12.7. The van der Waals surface area contributed by atoms with E-state index >= 15 is 0 Å². The molecule has 0 saturated heterocycles. The molecule has 1 N–H and O–H groups in total. The summed E-state index contributed by atoms with van der Waals surface area (Å²) >= 11 is 0. The Morgan fingerprint density at radius 1 is 1.30 bits per heavy atom. The van der Waals surface area contributed by atoms with Crippen LogP contribution in [0, 0.1) is 35.0 Å². The fraction of sp³-hybridized carbons (Fsp3) is 0.600. The highest BCUT2D eigenvalue weighted by Crippen LogP contribution is 2.38. The molecule has 3 heteroatoms. The Hall–Kier alpha value is -1.82. The largest absolute Gasteiger partial charge is 0.326 e. The lowest BCUT2D eigenvalue weighted by Crippen LogP contribution is -2.36. The Morgan fingerprint density at radius 3 is 2.61 bits per heavy atom. The number of benzene rings is 1. The van der Waals surface area contributed by atoms with Crippen molar-refractivity contribution < 1.29 is 4.79 Å². The first kappa shape index (κ1) is 17.5. The third kappa shape index (κ3) is 4.82. The lowest BCUT2D eigenvalue weighted by molar-refractivity contribution is -0.123. The minimum absolute atomic E-state index is 0.122. The summed E-state index contributed by atoms with van der Waals surface area (Å²) in [6.07, 6.45) is 4.68. The molecule has 0 aliphatic heterocycles. The summed E-state index contributed by atoms with van der Waals surface area (Å²) in [6, 6.07) is 10.0. The van der Waals surface area contributed by atoms with Gasteiger partial charge in [-0.05, 0) is 54.7 Å². The van der Waals surface area contributed by atoms with E-state index in [4.69, 9.17) is 5.26 Å². The van der Waals surface area contributed by atoms with Crippen molar-refractivity contribution in [2.75, 3.05) is 5.32 Å². The van der Waals surface area contributed by atoms with E-state index in [-0.39, 0.29) is 11.8 Å².